The quantitative estimate of drug-likeness (QED) is 0.641. The van der Waals surface area contributed by atoms with Crippen LogP contribution in [0.5, 0.6) is 5.75 Å². The Hall–Kier alpha value is -2.71. The topological polar surface area (TPSA) is 84.0 Å². The monoisotopic (exact) mass is 442 g/mol. The summed E-state index contributed by atoms with van der Waals surface area (Å²) >= 11 is 0. The molecule has 2 amide bonds. The molecule has 0 spiro atoms. The first-order valence-corrected chi connectivity index (χ1v) is 11.9. The average molecular weight is 443 g/mol. The first-order chi connectivity index (χ1) is 14.8. The number of amides is 2. The van der Waals surface area contributed by atoms with Crippen molar-refractivity contribution in [2.24, 2.45) is 0 Å². The van der Waals surface area contributed by atoms with Crippen LogP contribution in [0.1, 0.15) is 37.7 Å². The molecular formula is C23H26N2O5S. The zero-order valence-corrected chi connectivity index (χ0v) is 18.5. The molecule has 2 aromatic rings. The summed E-state index contributed by atoms with van der Waals surface area (Å²) in [4.78, 5) is 27.4. The number of nitrogens with zero attached hydrogens (tertiary/aromatic N) is 2. The minimum absolute atomic E-state index is 0.0919. The van der Waals surface area contributed by atoms with Gasteiger partial charge in [0.15, 0.2) is 0 Å². The van der Waals surface area contributed by atoms with Crippen LogP contribution >= 0.6 is 0 Å². The molecule has 1 saturated heterocycles. The van der Waals surface area contributed by atoms with Crippen molar-refractivity contribution in [3.63, 3.8) is 0 Å². The van der Waals surface area contributed by atoms with Crippen molar-refractivity contribution in [2.75, 3.05) is 12.0 Å². The minimum Gasteiger partial charge on any atom is -0.497 e. The molecule has 8 heteroatoms. The fraction of sp³-hybridized carbons (Fsp3) is 0.391. The van der Waals surface area contributed by atoms with Gasteiger partial charge in [-0.05, 0) is 56.2 Å². The Morgan fingerprint density at radius 3 is 2.16 bits per heavy atom. The van der Waals surface area contributed by atoms with E-state index in [0.29, 0.717) is 24.3 Å². The Labute approximate surface area is 182 Å². The highest BCUT2D eigenvalue weighted by atomic mass is 32.2. The Balaban J connectivity index is 1.72. The van der Waals surface area contributed by atoms with Gasteiger partial charge in [-0.15, -0.1) is 0 Å². The molecule has 0 N–H and O–H groups in total. The molecule has 0 bridgehead atoms. The van der Waals surface area contributed by atoms with Crippen LogP contribution in [-0.4, -0.2) is 43.7 Å². The molecule has 1 unspecified atom stereocenters. The zero-order chi connectivity index (χ0) is 22.2. The molecular weight excluding hydrogens is 416 g/mol. The summed E-state index contributed by atoms with van der Waals surface area (Å²) < 4.78 is 33.7. The van der Waals surface area contributed by atoms with Crippen LogP contribution < -0.4 is 9.64 Å². The molecule has 31 heavy (non-hydrogen) atoms. The highest BCUT2D eigenvalue weighted by Crippen LogP contribution is 2.36. The molecule has 2 aromatic carbocycles. The van der Waals surface area contributed by atoms with Crippen LogP contribution in [0.4, 0.5) is 5.69 Å². The summed E-state index contributed by atoms with van der Waals surface area (Å²) in [5.74, 6) is -0.325. The Kier molecular flexibility index (Phi) is 5.85. The van der Waals surface area contributed by atoms with E-state index in [1.54, 1.807) is 24.3 Å². The predicted molar refractivity (Wildman–Crippen MR) is 116 cm³/mol. The molecule has 1 aliphatic heterocycles. The maximum atomic E-state index is 13.6. The molecule has 1 aliphatic carbocycles. The standard InChI is InChI=1S/C23H26N2O5S/c1-16-7-9-17(10-8-16)24-22(26)15-21(23(24)27)25(18-5-3-4-6-18)31(28,29)20-13-11-19(30-2)12-14-20/h7-14,18,21H,3-6,15H2,1-2H3. The molecule has 0 aromatic heterocycles. The molecule has 1 heterocycles. The van der Waals surface area contributed by atoms with E-state index in [-0.39, 0.29) is 23.3 Å². The van der Waals surface area contributed by atoms with E-state index in [4.69, 9.17) is 4.74 Å². The lowest BCUT2D eigenvalue weighted by Crippen LogP contribution is -2.49. The highest BCUT2D eigenvalue weighted by molar-refractivity contribution is 7.89. The molecule has 7 nitrogen and oxygen atoms in total. The van der Waals surface area contributed by atoms with E-state index in [1.165, 1.54) is 23.5 Å². The number of anilines is 1. The van der Waals surface area contributed by atoms with Gasteiger partial charge >= 0.3 is 0 Å². The third-order valence-electron chi connectivity index (χ3n) is 6.04. The molecule has 1 saturated carbocycles. The highest BCUT2D eigenvalue weighted by Gasteiger charge is 2.49. The number of ether oxygens (including phenoxy) is 1. The Bertz CT molecular complexity index is 1070. The SMILES string of the molecule is COc1ccc(S(=O)(=O)N(C2CCCC2)C2CC(=O)N(c3ccc(C)cc3)C2=O)cc1. The van der Waals surface area contributed by atoms with E-state index in [0.717, 1.165) is 23.3 Å². The molecule has 1 atom stereocenters. The normalized spacial score (nSPS) is 20.1. The van der Waals surface area contributed by atoms with Crippen molar-refractivity contribution < 1.29 is 22.7 Å². The average Bonchev–Trinajstić information content (AvgIpc) is 3.38. The van der Waals surface area contributed by atoms with Gasteiger partial charge in [-0.3, -0.25) is 9.59 Å². The van der Waals surface area contributed by atoms with Gasteiger partial charge in [0.25, 0.3) is 5.91 Å². The third-order valence-corrected chi connectivity index (χ3v) is 8.02. The van der Waals surface area contributed by atoms with Crippen LogP contribution in [-0.2, 0) is 19.6 Å². The van der Waals surface area contributed by atoms with Crippen LogP contribution in [0.2, 0.25) is 0 Å². The number of aryl methyl sites for hydroxylation is 1. The van der Waals surface area contributed by atoms with Crippen molar-refractivity contribution in [2.45, 2.75) is 56.0 Å². The first-order valence-electron chi connectivity index (χ1n) is 10.4. The number of hydrogen-bond donors (Lipinski definition) is 0. The van der Waals surface area contributed by atoms with Crippen molar-refractivity contribution in [1.82, 2.24) is 4.31 Å². The van der Waals surface area contributed by atoms with E-state index >= 15 is 0 Å². The number of carbonyl (C=O) groups is 2. The third kappa shape index (κ3) is 3.97. The smallest absolute Gasteiger partial charge is 0.252 e. The van der Waals surface area contributed by atoms with Gasteiger partial charge in [0.2, 0.25) is 15.9 Å². The second kappa shape index (κ2) is 8.43. The van der Waals surface area contributed by atoms with Gasteiger partial charge in [-0.2, -0.15) is 4.31 Å². The van der Waals surface area contributed by atoms with Crippen molar-refractivity contribution >= 4 is 27.5 Å². The fourth-order valence-corrected chi connectivity index (χ4v) is 6.25. The molecule has 2 aliphatic rings. The van der Waals surface area contributed by atoms with Crippen LogP contribution in [0.3, 0.4) is 0 Å². The Morgan fingerprint density at radius 1 is 0.968 bits per heavy atom. The molecule has 4 rings (SSSR count). The van der Waals surface area contributed by atoms with Gasteiger partial charge in [0.1, 0.15) is 11.8 Å². The van der Waals surface area contributed by atoms with Crippen molar-refractivity contribution in [1.29, 1.82) is 0 Å². The minimum atomic E-state index is -3.98. The zero-order valence-electron chi connectivity index (χ0n) is 17.7. The lowest BCUT2D eigenvalue weighted by atomic mass is 10.1. The maximum absolute atomic E-state index is 13.6. The number of sulfonamides is 1. The predicted octanol–water partition coefficient (Wildman–Crippen LogP) is 3.27. The summed E-state index contributed by atoms with van der Waals surface area (Å²) in [6.45, 7) is 1.92. The summed E-state index contributed by atoms with van der Waals surface area (Å²) in [5, 5.41) is 0. The number of rotatable bonds is 6. The second-order valence-corrected chi connectivity index (χ2v) is 9.91. The summed E-state index contributed by atoms with van der Waals surface area (Å²) in [6, 6.07) is 11.9. The van der Waals surface area contributed by atoms with Gasteiger partial charge < -0.3 is 4.74 Å². The van der Waals surface area contributed by atoms with Crippen LogP contribution in [0.25, 0.3) is 0 Å². The molecule has 164 valence electrons. The number of imide groups is 1. The van der Waals surface area contributed by atoms with E-state index in [9.17, 15) is 18.0 Å². The lowest BCUT2D eigenvalue weighted by Gasteiger charge is -2.32. The summed E-state index contributed by atoms with van der Waals surface area (Å²) in [6.07, 6.45) is 3.00. The fourth-order valence-electron chi connectivity index (χ4n) is 4.43. The summed E-state index contributed by atoms with van der Waals surface area (Å²) in [7, 11) is -2.47. The molecule has 2 fully saturated rings. The maximum Gasteiger partial charge on any atom is 0.252 e. The van der Waals surface area contributed by atoms with Crippen LogP contribution in [0, 0.1) is 6.92 Å². The van der Waals surface area contributed by atoms with Crippen molar-refractivity contribution in [3.05, 3.63) is 54.1 Å². The van der Waals surface area contributed by atoms with E-state index in [1.807, 2.05) is 19.1 Å². The molecule has 0 radical (unpaired) electrons. The van der Waals surface area contributed by atoms with Crippen LogP contribution in [0.15, 0.2) is 53.4 Å². The van der Waals surface area contributed by atoms with Crippen molar-refractivity contribution in [3.8, 4) is 5.75 Å². The number of benzene rings is 2. The van der Waals surface area contributed by atoms with Gasteiger partial charge in [-0.1, -0.05) is 30.5 Å². The van der Waals surface area contributed by atoms with E-state index in [2.05, 4.69) is 0 Å². The summed E-state index contributed by atoms with van der Waals surface area (Å²) in [5.41, 5.74) is 1.48. The lowest BCUT2D eigenvalue weighted by molar-refractivity contribution is -0.122. The van der Waals surface area contributed by atoms with E-state index < -0.39 is 22.0 Å². The Morgan fingerprint density at radius 2 is 1.58 bits per heavy atom. The van der Waals surface area contributed by atoms with Gasteiger partial charge in [-0.25, -0.2) is 13.3 Å². The number of hydrogen-bond acceptors (Lipinski definition) is 5. The first kappa shape index (κ1) is 21.5. The van der Waals surface area contributed by atoms with Gasteiger partial charge in [0, 0.05) is 6.04 Å². The second-order valence-electron chi connectivity index (χ2n) is 8.07. The number of methoxy groups -OCH3 is 1. The largest absolute Gasteiger partial charge is 0.497 e. The van der Waals surface area contributed by atoms with Gasteiger partial charge in [0.05, 0.1) is 24.1 Å². The number of carbonyl (C=O) groups excluding carboxylic acids is 2.